The van der Waals surface area contributed by atoms with Crippen LogP contribution in [0.25, 0.3) is 10.9 Å². The first-order valence-corrected chi connectivity index (χ1v) is 6.88. The summed E-state index contributed by atoms with van der Waals surface area (Å²) in [4.78, 5) is 0. The predicted octanol–water partition coefficient (Wildman–Crippen LogP) is 2.13. The third-order valence-electron chi connectivity index (χ3n) is 3.20. The summed E-state index contributed by atoms with van der Waals surface area (Å²) in [5.41, 5.74) is 1.87. The fraction of sp³-hybridized carbons (Fsp3) is 0.417. The minimum absolute atomic E-state index is 0.0701. The molecule has 0 saturated carbocycles. The molecule has 1 atom stereocenters. The van der Waals surface area contributed by atoms with Crippen LogP contribution in [-0.2, 0) is 4.74 Å². The van der Waals surface area contributed by atoms with Gasteiger partial charge in [-0.25, -0.2) is 4.68 Å². The number of fused-ring (bicyclic) bond motifs is 1. The Kier molecular flexibility index (Phi) is 3.13. The van der Waals surface area contributed by atoms with Crippen LogP contribution in [0.4, 0.5) is 0 Å². The SMILES string of the molecule is [B]c1c(I)ccc2c1cnn2C1CCCCO1. The summed E-state index contributed by atoms with van der Waals surface area (Å²) in [7, 11) is 6.06. The second kappa shape index (κ2) is 4.61. The van der Waals surface area contributed by atoms with Gasteiger partial charge >= 0.3 is 0 Å². The van der Waals surface area contributed by atoms with E-state index in [1.54, 1.807) is 0 Å². The van der Waals surface area contributed by atoms with E-state index in [4.69, 9.17) is 12.6 Å². The number of rotatable bonds is 1. The first kappa shape index (κ1) is 11.5. The number of benzene rings is 1. The number of halogens is 1. The summed E-state index contributed by atoms with van der Waals surface area (Å²) in [6.07, 6.45) is 5.29. The molecule has 0 amide bonds. The van der Waals surface area contributed by atoms with Crippen molar-refractivity contribution >= 4 is 46.8 Å². The zero-order chi connectivity index (χ0) is 11.8. The highest BCUT2D eigenvalue weighted by Gasteiger charge is 2.18. The molecule has 1 aromatic heterocycles. The third-order valence-corrected chi connectivity index (χ3v) is 4.14. The van der Waals surface area contributed by atoms with Gasteiger partial charge in [0.05, 0.1) is 11.7 Å². The number of hydrogen-bond donors (Lipinski definition) is 0. The van der Waals surface area contributed by atoms with Gasteiger partial charge in [-0.1, -0.05) is 5.46 Å². The molecule has 2 aromatic rings. The summed E-state index contributed by atoms with van der Waals surface area (Å²) in [5, 5.41) is 5.45. The van der Waals surface area contributed by atoms with Crippen molar-refractivity contribution in [3.8, 4) is 0 Å². The minimum atomic E-state index is 0.0701. The Morgan fingerprint density at radius 2 is 2.29 bits per heavy atom. The van der Waals surface area contributed by atoms with Gasteiger partial charge in [-0.3, -0.25) is 0 Å². The Bertz CT molecular complexity index is 549. The van der Waals surface area contributed by atoms with E-state index in [0.717, 1.165) is 39.4 Å². The Balaban J connectivity index is 2.08. The molecule has 1 saturated heterocycles. The van der Waals surface area contributed by atoms with Crippen molar-refractivity contribution in [2.75, 3.05) is 6.61 Å². The van der Waals surface area contributed by atoms with Gasteiger partial charge in [0.2, 0.25) is 0 Å². The molecular formula is C12H12BIN2O. The van der Waals surface area contributed by atoms with Gasteiger partial charge in [0.15, 0.2) is 6.23 Å². The topological polar surface area (TPSA) is 27.1 Å². The summed E-state index contributed by atoms with van der Waals surface area (Å²) in [6.45, 7) is 0.825. The second-order valence-corrected chi connectivity index (χ2v) is 5.47. The van der Waals surface area contributed by atoms with Gasteiger partial charge < -0.3 is 4.74 Å². The lowest BCUT2D eigenvalue weighted by atomic mass is 9.93. The Morgan fingerprint density at radius 1 is 1.41 bits per heavy atom. The molecule has 1 aliphatic heterocycles. The molecule has 1 fully saturated rings. The van der Waals surface area contributed by atoms with Crippen LogP contribution in [0, 0.1) is 3.57 Å². The number of ether oxygens (including phenoxy) is 1. The highest BCUT2D eigenvalue weighted by atomic mass is 127. The van der Waals surface area contributed by atoms with Crippen LogP contribution in [-0.4, -0.2) is 24.2 Å². The summed E-state index contributed by atoms with van der Waals surface area (Å²) in [6, 6.07) is 4.09. The van der Waals surface area contributed by atoms with Gasteiger partial charge in [0, 0.05) is 15.6 Å². The van der Waals surface area contributed by atoms with Gasteiger partial charge in [0.25, 0.3) is 0 Å². The van der Waals surface area contributed by atoms with Crippen LogP contribution in [0.2, 0.25) is 0 Å². The molecule has 0 spiro atoms. The molecule has 86 valence electrons. The molecule has 3 nitrogen and oxygen atoms in total. The molecular weight excluding hydrogens is 326 g/mol. The fourth-order valence-corrected chi connectivity index (χ4v) is 2.73. The smallest absolute Gasteiger partial charge is 0.150 e. The average molecular weight is 338 g/mol. The number of nitrogens with zero attached hydrogens (tertiary/aromatic N) is 2. The maximum Gasteiger partial charge on any atom is 0.150 e. The van der Waals surface area contributed by atoms with Crippen LogP contribution >= 0.6 is 22.6 Å². The van der Waals surface area contributed by atoms with Crippen molar-refractivity contribution in [3.63, 3.8) is 0 Å². The van der Waals surface area contributed by atoms with Crippen molar-refractivity contribution in [2.24, 2.45) is 0 Å². The summed E-state index contributed by atoms with van der Waals surface area (Å²) < 4.78 is 8.79. The largest absolute Gasteiger partial charge is 0.356 e. The molecule has 5 heteroatoms. The maximum atomic E-state index is 6.06. The predicted molar refractivity (Wildman–Crippen MR) is 76.7 cm³/mol. The molecule has 2 radical (unpaired) electrons. The molecule has 17 heavy (non-hydrogen) atoms. The van der Waals surface area contributed by atoms with E-state index in [-0.39, 0.29) is 6.23 Å². The zero-order valence-electron chi connectivity index (χ0n) is 9.40. The molecule has 0 bridgehead atoms. The van der Waals surface area contributed by atoms with Crippen LogP contribution in [0.15, 0.2) is 18.3 Å². The molecule has 1 unspecified atom stereocenters. The molecule has 0 aliphatic carbocycles. The lowest BCUT2D eigenvalue weighted by Crippen LogP contribution is -2.19. The lowest BCUT2D eigenvalue weighted by Gasteiger charge is -2.23. The summed E-state index contributed by atoms with van der Waals surface area (Å²) in [5.74, 6) is 0. The first-order chi connectivity index (χ1) is 8.27. The Morgan fingerprint density at radius 3 is 3.06 bits per heavy atom. The highest BCUT2D eigenvalue weighted by molar-refractivity contribution is 14.1. The number of aromatic nitrogens is 2. The van der Waals surface area contributed by atoms with Crippen molar-refractivity contribution in [1.29, 1.82) is 0 Å². The van der Waals surface area contributed by atoms with Crippen molar-refractivity contribution in [3.05, 3.63) is 21.9 Å². The molecule has 1 aliphatic rings. The quantitative estimate of drug-likeness (QED) is 0.589. The number of hydrogen-bond acceptors (Lipinski definition) is 2. The van der Waals surface area contributed by atoms with Crippen molar-refractivity contribution < 1.29 is 4.74 Å². The molecule has 0 N–H and O–H groups in total. The van der Waals surface area contributed by atoms with Crippen LogP contribution in [0.1, 0.15) is 25.5 Å². The van der Waals surface area contributed by atoms with Crippen LogP contribution in [0.3, 0.4) is 0 Å². The third kappa shape index (κ3) is 1.99. The molecule has 2 heterocycles. The first-order valence-electron chi connectivity index (χ1n) is 5.80. The van der Waals surface area contributed by atoms with Crippen molar-refractivity contribution in [1.82, 2.24) is 9.78 Å². The van der Waals surface area contributed by atoms with E-state index in [0.29, 0.717) is 0 Å². The molecule has 1 aromatic carbocycles. The molecule has 3 rings (SSSR count). The van der Waals surface area contributed by atoms with Gasteiger partial charge in [-0.15, -0.1) is 0 Å². The van der Waals surface area contributed by atoms with E-state index in [9.17, 15) is 0 Å². The normalized spacial score (nSPS) is 20.9. The van der Waals surface area contributed by atoms with Crippen LogP contribution in [0.5, 0.6) is 0 Å². The second-order valence-electron chi connectivity index (χ2n) is 4.30. The van der Waals surface area contributed by atoms with E-state index in [1.165, 1.54) is 6.42 Å². The fourth-order valence-electron chi connectivity index (χ4n) is 2.26. The summed E-state index contributed by atoms with van der Waals surface area (Å²) >= 11 is 2.24. The van der Waals surface area contributed by atoms with Crippen LogP contribution < -0.4 is 5.46 Å². The highest BCUT2D eigenvalue weighted by Crippen LogP contribution is 2.25. The lowest BCUT2D eigenvalue weighted by molar-refractivity contribution is -0.0366. The van der Waals surface area contributed by atoms with E-state index < -0.39 is 0 Å². The van der Waals surface area contributed by atoms with E-state index in [1.807, 2.05) is 16.9 Å². The average Bonchev–Trinajstić information content (AvgIpc) is 2.79. The maximum absolute atomic E-state index is 6.06. The van der Waals surface area contributed by atoms with E-state index >= 15 is 0 Å². The van der Waals surface area contributed by atoms with Gasteiger partial charge in [0.1, 0.15) is 7.85 Å². The Labute approximate surface area is 115 Å². The van der Waals surface area contributed by atoms with Gasteiger partial charge in [-0.2, -0.15) is 5.10 Å². The zero-order valence-corrected chi connectivity index (χ0v) is 11.6. The van der Waals surface area contributed by atoms with E-state index in [2.05, 4.69) is 33.8 Å². The Hall–Kier alpha value is -0.555. The monoisotopic (exact) mass is 338 g/mol. The van der Waals surface area contributed by atoms with Gasteiger partial charge in [-0.05, 0) is 54.0 Å². The van der Waals surface area contributed by atoms with Crippen molar-refractivity contribution in [2.45, 2.75) is 25.5 Å². The standard InChI is InChI=1S/C12H12BIN2O/c13-12-8-7-15-16(10(8)5-4-9(12)14)11-3-1-2-6-17-11/h4-5,7,11H,1-3,6H2. The minimum Gasteiger partial charge on any atom is -0.356 e.